The predicted octanol–water partition coefficient (Wildman–Crippen LogP) is 1.49. The van der Waals surface area contributed by atoms with Crippen LogP contribution in [0.5, 0.6) is 0 Å². The predicted molar refractivity (Wildman–Crippen MR) is 61.5 cm³/mol. The zero-order valence-corrected chi connectivity index (χ0v) is 8.81. The number of rotatable bonds is 4. The van der Waals surface area contributed by atoms with E-state index in [4.69, 9.17) is 5.73 Å². The van der Waals surface area contributed by atoms with Crippen LogP contribution in [-0.2, 0) is 11.2 Å². The lowest BCUT2D eigenvalue weighted by Crippen LogP contribution is -2.11. The SMILES string of the molecule is NC(=O)CCc1cn[nH]c1-c1ccccc1. The maximum atomic E-state index is 10.7. The Morgan fingerprint density at radius 2 is 2.06 bits per heavy atom. The van der Waals surface area contributed by atoms with Crippen molar-refractivity contribution in [2.24, 2.45) is 5.73 Å². The van der Waals surface area contributed by atoms with Crippen LogP contribution in [0.2, 0.25) is 0 Å². The van der Waals surface area contributed by atoms with E-state index in [1.165, 1.54) is 0 Å². The Labute approximate surface area is 93.5 Å². The van der Waals surface area contributed by atoms with Gasteiger partial charge in [-0.1, -0.05) is 30.3 Å². The molecule has 0 atom stereocenters. The number of primary amides is 1. The van der Waals surface area contributed by atoms with Gasteiger partial charge in [-0.25, -0.2) is 0 Å². The Morgan fingerprint density at radius 3 is 2.75 bits per heavy atom. The second-order valence-corrected chi connectivity index (χ2v) is 3.60. The average Bonchev–Trinajstić information content (AvgIpc) is 2.75. The normalized spacial score (nSPS) is 10.2. The maximum Gasteiger partial charge on any atom is 0.217 e. The smallest absolute Gasteiger partial charge is 0.217 e. The fourth-order valence-corrected chi connectivity index (χ4v) is 1.61. The minimum Gasteiger partial charge on any atom is -0.370 e. The quantitative estimate of drug-likeness (QED) is 0.811. The van der Waals surface area contributed by atoms with Gasteiger partial charge in [-0.05, 0) is 17.5 Å². The van der Waals surface area contributed by atoms with Crippen molar-refractivity contribution in [1.82, 2.24) is 10.2 Å². The summed E-state index contributed by atoms with van der Waals surface area (Å²) >= 11 is 0. The molecule has 3 N–H and O–H groups in total. The number of hydrogen-bond acceptors (Lipinski definition) is 2. The maximum absolute atomic E-state index is 10.7. The first-order valence-electron chi connectivity index (χ1n) is 5.13. The number of carbonyl (C=O) groups is 1. The van der Waals surface area contributed by atoms with Gasteiger partial charge in [-0.15, -0.1) is 0 Å². The van der Waals surface area contributed by atoms with Gasteiger partial charge in [-0.2, -0.15) is 5.10 Å². The summed E-state index contributed by atoms with van der Waals surface area (Å²) in [6, 6.07) is 9.90. The Bertz CT molecular complexity index is 476. The molecule has 0 saturated heterocycles. The summed E-state index contributed by atoms with van der Waals surface area (Å²) in [5, 5.41) is 6.94. The van der Waals surface area contributed by atoms with Crippen LogP contribution in [-0.4, -0.2) is 16.1 Å². The highest BCUT2D eigenvalue weighted by atomic mass is 16.1. The highest BCUT2D eigenvalue weighted by Gasteiger charge is 2.07. The van der Waals surface area contributed by atoms with E-state index in [0.717, 1.165) is 16.8 Å². The number of nitrogens with one attached hydrogen (secondary N) is 1. The lowest BCUT2D eigenvalue weighted by molar-refractivity contribution is -0.117. The van der Waals surface area contributed by atoms with Gasteiger partial charge in [0, 0.05) is 6.42 Å². The Hall–Kier alpha value is -2.10. The molecule has 0 aliphatic heterocycles. The third-order valence-electron chi connectivity index (χ3n) is 2.42. The highest BCUT2D eigenvalue weighted by Crippen LogP contribution is 2.21. The monoisotopic (exact) mass is 215 g/mol. The lowest BCUT2D eigenvalue weighted by atomic mass is 10.0. The van der Waals surface area contributed by atoms with Crippen molar-refractivity contribution >= 4 is 5.91 Å². The molecule has 0 aliphatic carbocycles. The number of hydrogen-bond donors (Lipinski definition) is 2. The van der Waals surface area contributed by atoms with Crippen molar-refractivity contribution in [2.45, 2.75) is 12.8 Å². The molecule has 1 amide bonds. The van der Waals surface area contributed by atoms with Crippen LogP contribution in [0.4, 0.5) is 0 Å². The van der Waals surface area contributed by atoms with Crippen LogP contribution in [0, 0.1) is 0 Å². The number of H-pyrrole nitrogens is 1. The molecule has 1 aromatic carbocycles. The average molecular weight is 215 g/mol. The molecule has 2 rings (SSSR count). The minimum absolute atomic E-state index is 0.291. The van der Waals surface area contributed by atoms with E-state index in [1.807, 2.05) is 30.3 Å². The fourth-order valence-electron chi connectivity index (χ4n) is 1.61. The molecule has 82 valence electrons. The van der Waals surface area contributed by atoms with Gasteiger partial charge in [-0.3, -0.25) is 9.89 Å². The van der Waals surface area contributed by atoms with Crippen molar-refractivity contribution in [2.75, 3.05) is 0 Å². The lowest BCUT2D eigenvalue weighted by Gasteiger charge is -2.01. The van der Waals surface area contributed by atoms with Crippen molar-refractivity contribution < 1.29 is 4.79 Å². The van der Waals surface area contributed by atoms with Gasteiger partial charge < -0.3 is 5.73 Å². The van der Waals surface area contributed by atoms with Crippen LogP contribution in [0.1, 0.15) is 12.0 Å². The van der Waals surface area contributed by atoms with E-state index in [-0.39, 0.29) is 5.91 Å². The first kappa shape index (κ1) is 10.4. The Balaban J connectivity index is 2.23. The molecular weight excluding hydrogens is 202 g/mol. The molecule has 4 nitrogen and oxygen atoms in total. The molecule has 0 aliphatic rings. The van der Waals surface area contributed by atoms with E-state index in [2.05, 4.69) is 10.2 Å². The first-order valence-corrected chi connectivity index (χ1v) is 5.13. The van der Waals surface area contributed by atoms with E-state index in [0.29, 0.717) is 12.8 Å². The molecule has 1 heterocycles. The topological polar surface area (TPSA) is 71.8 Å². The third kappa shape index (κ3) is 2.28. The summed E-state index contributed by atoms with van der Waals surface area (Å²) in [5.74, 6) is -0.291. The zero-order chi connectivity index (χ0) is 11.4. The summed E-state index contributed by atoms with van der Waals surface area (Å²) < 4.78 is 0. The molecular formula is C12H13N3O. The van der Waals surface area contributed by atoms with Crippen molar-refractivity contribution in [3.05, 3.63) is 42.1 Å². The second kappa shape index (κ2) is 4.61. The number of aromatic amines is 1. The van der Waals surface area contributed by atoms with E-state index in [9.17, 15) is 4.79 Å². The number of amides is 1. The Kier molecular flexibility index (Phi) is 3.00. The fraction of sp³-hybridized carbons (Fsp3) is 0.167. The van der Waals surface area contributed by atoms with Crippen LogP contribution in [0.3, 0.4) is 0 Å². The second-order valence-electron chi connectivity index (χ2n) is 3.60. The molecule has 4 heteroatoms. The summed E-state index contributed by atoms with van der Waals surface area (Å²) in [7, 11) is 0. The largest absolute Gasteiger partial charge is 0.370 e. The van der Waals surface area contributed by atoms with Crippen molar-refractivity contribution in [1.29, 1.82) is 0 Å². The van der Waals surface area contributed by atoms with E-state index < -0.39 is 0 Å². The summed E-state index contributed by atoms with van der Waals surface area (Å²) in [6.45, 7) is 0. The molecule has 2 aromatic rings. The third-order valence-corrected chi connectivity index (χ3v) is 2.42. The van der Waals surface area contributed by atoms with Crippen molar-refractivity contribution in [3.63, 3.8) is 0 Å². The molecule has 0 bridgehead atoms. The standard InChI is InChI=1S/C12H13N3O/c13-11(16)7-6-10-8-14-15-12(10)9-4-2-1-3-5-9/h1-5,8H,6-7H2,(H2,13,16)(H,14,15). The zero-order valence-electron chi connectivity index (χ0n) is 8.81. The number of benzene rings is 1. The number of nitrogens with zero attached hydrogens (tertiary/aromatic N) is 1. The summed E-state index contributed by atoms with van der Waals surface area (Å²) in [6.07, 6.45) is 2.71. The summed E-state index contributed by atoms with van der Waals surface area (Å²) in [5.41, 5.74) is 8.18. The van der Waals surface area contributed by atoms with Gasteiger partial charge in [0.2, 0.25) is 5.91 Å². The summed E-state index contributed by atoms with van der Waals surface area (Å²) in [4.78, 5) is 10.7. The van der Waals surface area contributed by atoms with E-state index >= 15 is 0 Å². The van der Waals surface area contributed by atoms with Crippen LogP contribution in [0.15, 0.2) is 36.5 Å². The molecule has 0 spiro atoms. The highest BCUT2D eigenvalue weighted by molar-refractivity contribution is 5.74. The molecule has 0 saturated carbocycles. The van der Waals surface area contributed by atoms with Gasteiger partial charge in [0.1, 0.15) is 0 Å². The van der Waals surface area contributed by atoms with Gasteiger partial charge in [0.05, 0.1) is 11.9 Å². The molecule has 1 aromatic heterocycles. The first-order chi connectivity index (χ1) is 7.77. The van der Waals surface area contributed by atoms with Crippen LogP contribution >= 0.6 is 0 Å². The van der Waals surface area contributed by atoms with Gasteiger partial charge in [0.25, 0.3) is 0 Å². The van der Waals surface area contributed by atoms with Crippen LogP contribution in [0.25, 0.3) is 11.3 Å². The number of nitrogens with two attached hydrogens (primary N) is 1. The molecule has 0 fully saturated rings. The van der Waals surface area contributed by atoms with Gasteiger partial charge in [0.15, 0.2) is 0 Å². The van der Waals surface area contributed by atoms with E-state index in [1.54, 1.807) is 6.20 Å². The molecule has 16 heavy (non-hydrogen) atoms. The number of carbonyl (C=O) groups excluding carboxylic acids is 1. The van der Waals surface area contributed by atoms with Crippen LogP contribution < -0.4 is 5.73 Å². The Morgan fingerprint density at radius 1 is 1.31 bits per heavy atom. The number of aryl methyl sites for hydroxylation is 1. The van der Waals surface area contributed by atoms with Gasteiger partial charge >= 0.3 is 0 Å². The van der Waals surface area contributed by atoms with Crippen molar-refractivity contribution in [3.8, 4) is 11.3 Å². The number of aromatic nitrogens is 2. The molecule has 0 radical (unpaired) electrons. The molecule has 0 unspecified atom stereocenters. The minimum atomic E-state index is -0.291.